The van der Waals surface area contributed by atoms with E-state index in [1.165, 1.54) is 0 Å². The maximum absolute atomic E-state index is 11.2. The fraction of sp³-hybridized carbons (Fsp3) is 0.538. The van der Waals surface area contributed by atoms with Crippen molar-refractivity contribution in [3.63, 3.8) is 0 Å². The number of hydrogen-bond acceptors (Lipinski definition) is 6. The first-order valence-corrected chi connectivity index (χ1v) is 6.91. The number of nitrogens with two attached hydrogens (primary N) is 1. The molecule has 1 aromatic heterocycles. The van der Waals surface area contributed by atoms with Gasteiger partial charge in [-0.1, -0.05) is 12.2 Å². The third kappa shape index (κ3) is 4.41. The van der Waals surface area contributed by atoms with Crippen molar-refractivity contribution >= 4 is 29.0 Å². The normalized spacial score (nSPS) is 10.2. The number of anilines is 1. The SMILES string of the molecule is CCOC(=O)CCCNc1nnc(C)c(C)c1C(N)=S. The Morgan fingerprint density at radius 1 is 1.40 bits per heavy atom. The van der Waals surface area contributed by atoms with Crippen LogP contribution in [0.3, 0.4) is 0 Å². The molecule has 0 atom stereocenters. The number of ether oxygens (including phenoxy) is 1. The van der Waals surface area contributed by atoms with Gasteiger partial charge in [-0.05, 0) is 32.8 Å². The lowest BCUT2D eigenvalue weighted by Crippen LogP contribution is -2.19. The zero-order valence-electron chi connectivity index (χ0n) is 12.0. The molecule has 0 bridgehead atoms. The third-order valence-electron chi connectivity index (χ3n) is 2.86. The molecule has 110 valence electrons. The van der Waals surface area contributed by atoms with E-state index >= 15 is 0 Å². The zero-order chi connectivity index (χ0) is 15.1. The molecule has 0 aliphatic heterocycles. The van der Waals surface area contributed by atoms with Gasteiger partial charge in [0.1, 0.15) is 4.99 Å². The van der Waals surface area contributed by atoms with Crippen LogP contribution in [0.25, 0.3) is 0 Å². The predicted octanol–water partition coefficient (Wildman–Crippen LogP) is 1.48. The van der Waals surface area contributed by atoms with E-state index in [-0.39, 0.29) is 11.0 Å². The van der Waals surface area contributed by atoms with Crippen LogP contribution in [-0.4, -0.2) is 34.3 Å². The molecule has 0 radical (unpaired) electrons. The second kappa shape index (κ2) is 7.74. The van der Waals surface area contributed by atoms with E-state index in [1.54, 1.807) is 6.92 Å². The predicted molar refractivity (Wildman–Crippen MR) is 81.8 cm³/mol. The first-order chi connectivity index (χ1) is 9.47. The van der Waals surface area contributed by atoms with Gasteiger partial charge in [0.15, 0.2) is 5.82 Å². The highest BCUT2D eigenvalue weighted by molar-refractivity contribution is 7.80. The Morgan fingerprint density at radius 2 is 2.10 bits per heavy atom. The molecule has 0 aliphatic carbocycles. The Morgan fingerprint density at radius 3 is 2.70 bits per heavy atom. The molecule has 0 aromatic carbocycles. The van der Waals surface area contributed by atoms with Gasteiger partial charge in [-0.15, -0.1) is 5.10 Å². The summed E-state index contributed by atoms with van der Waals surface area (Å²) in [4.78, 5) is 11.5. The lowest BCUT2D eigenvalue weighted by Gasteiger charge is -2.12. The van der Waals surface area contributed by atoms with Crippen LogP contribution >= 0.6 is 12.2 Å². The molecule has 0 spiro atoms. The maximum atomic E-state index is 11.2. The number of carbonyl (C=O) groups excluding carboxylic acids is 1. The van der Waals surface area contributed by atoms with Gasteiger partial charge in [0.05, 0.1) is 17.9 Å². The molecule has 0 fully saturated rings. The monoisotopic (exact) mass is 296 g/mol. The van der Waals surface area contributed by atoms with Crippen LogP contribution in [0.5, 0.6) is 0 Å². The van der Waals surface area contributed by atoms with Gasteiger partial charge in [-0.25, -0.2) is 0 Å². The van der Waals surface area contributed by atoms with Crippen LogP contribution in [0.2, 0.25) is 0 Å². The van der Waals surface area contributed by atoms with Crippen LogP contribution in [0.4, 0.5) is 5.82 Å². The number of aromatic nitrogens is 2. The topological polar surface area (TPSA) is 90.1 Å². The van der Waals surface area contributed by atoms with Crippen LogP contribution in [0.15, 0.2) is 0 Å². The van der Waals surface area contributed by atoms with E-state index in [1.807, 2.05) is 13.8 Å². The number of aryl methyl sites for hydroxylation is 1. The minimum absolute atomic E-state index is 0.199. The van der Waals surface area contributed by atoms with Crippen molar-refractivity contribution in [2.24, 2.45) is 5.73 Å². The van der Waals surface area contributed by atoms with E-state index in [2.05, 4.69) is 15.5 Å². The minimum Gasteiger partial charge on any atom is -0.466 e. The number of esters is 1. The number of hydrogen-bond donors (Lipinski definition) is 2. The summed E-state index contributed by atoms with van der Waals surface area (Å²) in [5, 5.41) is 11.2. The lowest BCUT2D eigenvalue weighted by atomic mass is 10.1. The quantitative estimate of drug-likeness (QED) is 0.447. The summed E-state index contributed by atoms with van der Waals surface area (Å²) < 4.78 is 4.86. The molecule has 6 nitrogen and oxygen atoms in total. The van der Waals surface area contributed by atoms with E-state index in [4.69, 9.17) is 22.7 Å². The summed E-state index contributed by atoms with van der Waals surface area (Å²) in [5.74, 6) is 0.361. The van der Waals surface area contributed by atoms with Crippen LogP contribution < -0.4 is 11.1 Å². The molecule has 1 rings (SSSR count). The van der Waals surface area contributed by atoms with Gasteiger partial charge < -0.3 is 15.8 Å². The Hall–Kier alpha value is -1.76. The highest BCUT2D eigenvalue weighted by Crippen LogP contribution is 2.18. The van der Waals surface area contributed by atoms with Crippen LogP contribution in [0, 0.1) is 13.8 Å². The highest BCUT2D eigenvalue weighted by atomic mass is 32.1. The van der Waals surface area contributed by atoms with E-state index in [0.29, 0.717) is 37.4 Å². The molecule has 0 unspecified atom stereocenters. The molecule has 1 heterocycles. The van der Waals surface area contributed by atoms with Crippen molar-refractivity contribution in [3.8, 4) is 0 Å². The molecule has 1 aromatic rings. The van der Waals surface area contributed by atoms with Gasteiger partial charge in [0.25, 0.3) is 0 Å². The van der Waals surface area contributed by atoms with Crippen molar-refractivity contribution in [2.75, 3.05) is 18.5 Å². The van der Waals surface area contributed by atoms with Crippen molar-refractivity contribution in [1.29, 1.82) is 0 Å². The number of thiocarbonyl (C=S) groups is 1. The van der Waals surface area contributed by atoms with Crippen LogP contribution in [-0.2, 0) is 9.53 Å². The van der Waals surface area contributed by atoms with E-state index in [9.17, 15) is 4.79 Å². The van der Waals surface area contributed by atoms with Gasteiger partial charge >= 0.3 is 5.97 Å². The fourth-order valence-corrected chi connectivity index (χ4v) is 1.96. The van der Waals surface area contributed by atoms with Gasteiger partial charge in [-0.2, -0.15) is 5.10 Å². The van der Waals surface area contributed by atoms with Crippen LogP contribution in [0.1, 0.15) is 36.6 Å². The largest absolute Gasteiger partial charge is 0.466 e. The zero-order valence-corrected chi connectivity index (χ0v) is 12.8. The molecular formula is C13H20N4O2S. The van der Waals surface area contributed by atoms with E-state index < -0.39 is 0 Å². The summed E-state index contributed by atoms with van der Waals surface area (Å²) in [6, 6.07) is 0. The molecule has 7 heteroatoms. The summed E-state index contributed by atoms with van der Waals surface area (Å²) >= 11 is 5.05. The highest BCUT2D eigenvalue weighted by Gasteiger charge is 2.13. The molecule has 3 N–H and O–H groups in total. The van der Waals surface area contributed by atoms with Crippen molar-refractivity contribution in [3.05, 3.63) is 16.8 Å². The molecule has 0 saturated carbocycles. The fourth-order valence-electron chi connectivity index (χ4n) is 1.71. The lowest BCUT2D eigenvalue weighted by molar-refractivity contribution is -0.143. The first kappa shape index (κ1) is 16.3. The molecule has 0 aliphatic rings. The summed E-state index contributed by atoms with van der Waals surface area (Å²) in [6.07, 6.45) is 1.01. The van der Waals surface area contributed by atoms with Crippen molar-refractivity contribution in [1.82, 2.24) is 10.2 Å². The molecule has 0 saturated heterocycles. The summed E-state index contributed by atoms with van der Waals surface area (Å²) in [5.41, 5.74) is 8.15. The number of rotatable bonds is 7. The smallest absolute Gasteiger partial charge is 0.305 e. The number of nitrogens with zero attached hydrogens (tertiary/aromatic N) is 2. The second-order valence-corrected chi connectivity index (χ2v) is 4.77. The Bertz CT molecular complexity index is 505. The van der Waals surface area contributed by atoms with E-state index in [0.717, 1.165) is 11.3 Å². The summed E-state index contributed by atoms with van der Waals surface area (Å²) in [7, 11) is 0. The first-order valence-electron chi connectivity index (χ1n) is 6.50. The van der Waals surface area contributed by atoms with Crippen molar-refractivity contribution in [2.45, 2.75) is 33.6 Å². The average molecular weight is 296 g/mol. The standard InChI is InChI=1S/C13H20N4O2S/c1-4-19-10(18)6-5-7-15-13-11(12(14)20)8(2)9(3)16-17-13/h4-7H2,1-3H3,(H2,14,20)(H,15,17). The third-order valence-corrected chi connectivity index (χ3v) is 3.06. The molecule has 0 amide bonds. The van der Waals surface area contributed by atoms with Gasteiger partial charge in [-0.3, -0.25) is 4.79 Å². The second-order valence-electron chi connectivity index (χ2n) is 4.33. The Balaban J connectivity index is 2.62. The number of nitrogens with one attached hydrogen (secondary N) is 1. The minimum atomic E-state index is -0.199. The van der Waals surface area contributed by atoms with Gasteiger partial charge in [0.2, 0.25) is 0 Å². The average Bonchev–Trinajstić information content (AvgIpc) is 2.38. The Kier molecular flexibility index (Phi) is 6.30. The number of carbonyl (C=O) groups is 1. The molecule has 20 heavy (non-hydrogen) atoms. The molecular weight excluding hydrogens is 276 g/mol. The van der Waals surface area contributed by atoms with Gasteiger partial charge in [0, 0.05) is 13.0 Å². The van der Waals surface area contributed by atoms with Crippen molar-refractivity contribution < 1.29 is 9.53 Å². The maximum Gasteiger partial charge on any atom is 0.305 e. The summed E-state index contributed by atoms with van der Waals surface area (Å²) in [6.45, 7) is 6.53. The Labute approximate surface area is 124 Å².